The molecule has 1 aliphatic carbocycles. The van der Waals surface area contributed by atoms with Crippen molar-refractivity contribution in [3.05, 3.63) is 83.2 Å². The van der Waals surface area contributed by atoms with Crippen LogP contribution in [0.4, 0.5) is 4.79 Å². The first-order valence-corrected chi connectivity index (χ1v) is 12.8. The summed E-state index contributed by atoms with van der Waals surface area (Å²) in [4.78, 5) is 16.4. The summed E-state index contributed by atoms with van der Waals surface area (Å²) >= 11 is 1.83. The second kappa shape index (κ2) is 10.9. The second-order valence-corrected chi connectivity index (χ2v) is 10.1. The number of carbonyl (C=O) groups excluding carboxylic acids is 1. The molecule has 5 nitrogen and oxygen atoms in total. The van der Waals surface area contributed by atoms with Crippen molar-refractivity contribution in [3.63, 3.8) is 0 Å². The highest BCUT2D eigenvalue weighted by molar-refractivity contribution is 7.99. The minimum Gasteiger partial charge on any atom is -0.334 e. The van der Waals surface area contributed by atoms with Crippen LogP contribution in [-0.4, -0.2) is 39.6 Å². The molecule has 0 spiro atoms. The Hall–Kier alpha value is -2.73. The third-order valence-electron chi connectivity index (χ3n) is 6.37. The number of nitrogens with zero attached hydrogens (tertiary/aromatic N) is 3. The Bertz CT molecular complexity index is 1050. The average Bonchev–Trinajstić information content (AvgIpc) is 3.36. The number of rotatable bonds is 6. The maximum absolute atomic E-state index is 13.1. The lowest BCUT2D eigenvalue weighted by molar-refractivity contribution is 0.207. The van der Waals surface area contributed by atoms with E-state index in [4.69, 9.17) is 0 Å². The number of benzene rings is 1. The number of urea groups is 1. The maximum atomic E-state index is 13.1. The van der Waals surface area contributed by atoms with Gasteiger partial charge in [-0.25, -0.2) is 4.79 Å². The Labute approximate surface area is 201 Å². The van der Waals surface area contributed by atoms with Gasteiger partial charge in [0.1, 0.15) is 0 Å². The molecular weight excluding hydrogens is 428 g/mol. The average molecular weight is 463 g/mol. The molecule has 1 aromatic heterocycles. The molecule has 2 atom stereocenters. The van der Waals surface area contributed by atoms with Crippen molar-refractivity contribution in [2.45, 2.75) is 44.0 Å². The molecule has 33 heavy (non-hydrogen) atoms. The van der Waals surface area contributed by atoms with Crippen molar-refractivity contribution in [2.75, 3.05) is 18.8 Å². The van der Waals surface area contributed by atoms with Crippen LogP contribution in [0.5, 0.6) is 0 Å². The summed E-state index contributed by atoms with van der Waals surface area (Å²) in [5, 5.41) is 7.72. The summed E-state index contributed by atoms with van der Waals surface area (Å²) in [5.74, 6) is 1.55. The van der Waals surface area contributed by atoms with Gasteiger partial charge in [0.25, 0.3) is 0 Å². The van der Waals surface area contributed by atoms with Gasteiger partial charge < -0.3 is 10.2 Å². The predicted octanol–water partition coefficient (Wildman–Crippen LogP) is 5.60. The normalized spacial score (nSPS) is 24.0. The van der Waals surface area contributed by atoms with Gasteiger partial charge in [0.05, 0.1) is 5.69 Å². The van der Waals surface area contributed by atoms with Crippen LogP contribution in [0.1, 0.15) is 42.6 Å². The summed E-state index contributed by atoms with van der Waals surface area (Å²) in [6, 6.07) is 10.6. The first-order chi connectivity index (χ1) is 16.0. The summed E-state index contributed by atoms with van der Waals surface area (Å²) < 4.78 is 1.98. The Morgan fingerprint density at radius 3 is 2.61 bits per heavy atom. The van der Waals surface area contributed by atoms with E-state index >= 15 is 0 Å². The fraction of sp³-hybridized carbons (Fsp3) is 0.407. The van der Waals surface area contributed by atoms with E-state index in [1.165, 1.54) is 16.2 Å². The van der Waals surface area contributed by atoms with Gasteiger partial charge in [0.15, 0.2) is 0 Å². The largest absolute Gasteiger partial charge is 0.334 e. The molecule has 1 saturated heterocycles. The van der Waals surface area contributed by atoms with Gasteiger partial charge in [-0.15, -0.1) is 11.8 Å². The van der Waals surface area contributed by atoms with Gasteiger partial charge in [0, 0.05) is 49.1 Å². The van der Waals surface area contributed by atoms with Crippen molar-refractivity contribution < 1.29 is 4.79 Å². The number of nitrogens with one attached hydrogen (secondary N) is 1. The van der Waals surface area contributed by atoms with Gasteiger partial charge in [-0.05, 0) is 54.9 Å². The summed E-state index contributed by atoms with van der Waals surface area (Å²) in [6.45, 7) is 6.14. The molecule has 0 radical (unpaired) electrons. The third kappa shape index (κ3) is 5.80. The van der Waals surface area contributed by atoms with E-state index < -0.39 is 0 Å². The van der Waals surface area contributed by atoms with E-state index in [0.29, 0.717) is 19.6 Å². The molecule has 2 heterocycles. The van der Waals surface area contributed by atoms with Crippen molar-refractivity contribution in [1.82, 2.24) is 20.0 Å². The van der Waals surface area contributed by atoms with Crippen LogP contribution in [0.25, 0.3) is 0 Å². The number of likely N-dealkylation sites (tertiary alicyclic amines) is 1. The van der Waals surface area contributed by atoms with Crippen LogP contribution in [0.3, 0.4) is 0 Å². The SMILES string of the molecule is CCSc1ccc(CNC(=O)N2CC(C3=C/C/C=C\C/C=C\3)C(c3cc(C)nn3C)C2)cc1. The molecule has 1 fully saturated rings. The highest BCUT2D eigenvalue weighted by Crippen LogP contribution is 2.38. The Kier molecular flexibility index (Phi) is 7.76. The zero-order valence-electron chi connectivity index (χ0n) is 19.8. The fourth-order valence-electron chi connectivity index (χ4n) is 4.77. The van der Waals surface area contributed by atoms with Crippen molar-refractivity contribution in [3.8, 4) is 0 Å². The lowest BCUT2D eigenvalue weighted by Crippen LogP contribution is -2.38. The zero-order valence-corrected chi connectivity index (χ0v) is 20.6. The lowest BCUT2D eigenvalue weighted by atomic mass is 9.85. The predicted molar refractivity (Wildman–Crippen MR) is 136 cm³/mol. The number of allylic oxidation sites excluding steroid dienone is 5. The molecule has 174 valence electrons. The number of aryl methyl sites for hydroxylation is 2. The minimum absolute atomic E-state index is 0.00344. The number of thioether (sulfide) groups is 1. The summed E-state index contributed by atoms with van der Waals surface area (Å²) in [7, 11) is 2.01. The van der Waals surface area contributed by atoms with E-state index in [-0.39, 0.29) is 17.9 Å². The second-order valence-electron chi connectivity index (χ2n) is 8.74. The molecule has 0 bridgehead atoms. The van der Waals surface area contributed by atoms with Gasteiger partial charge in [-0.1, -0.05) is 49.4 Å². The Morgan fingerprint density at radius 1 is 1.12 bits per heavy atom. The van der Waals surface area contributed by atoms with Crippen molar-refractivity contribution in [1.29, 1.82) is 0 Å². The number of hydrogen-bond donors (Lipinski definition) is 1. The molecule has 2 aliphatic rings. The number of hydrogen-bond acceptors (Lipinski definition) is 3. The van der Waals surface area contributed by atoms with E-state index in [1.807, 2.05) is 35.3 Å². The molecule has 4 rings (SSSR count). The highest BCUT2D eigenvalue weighted by Gasteiger charge is 2.39. The number of carbonyl (C=O) groups is 1. The first-order valence-electron chi connectivity index (χ1n) is 11.8. The zero-order chi connectivity index (χ0) is 23.2. The van der Waals surface area contributed by atoms with Crippen LogP contribution < -0.4 is 5.32 Å². The van der Waals surface area contributed by atoms with Crippen LogP contribution in [0, 0.1) is 12.8 Å². The van der Waals surface area contributed by atoms with Gasteiger partial charge in [-0.2, -0.15) is 5.10 Å². The first kappa shape index (κ1) is 23.4. The molecule has 2 amide bonds. The third-order valence-corrected chi connectivity index (χ3v) is 7.26. The molecular formula is C27H34N4OS. The highest BCUT2D eigenvalue weighted by atomic mass is 32.2. The van der Waals surface area contributed by atoms with Crippen LogP contribution in [0.2, 0.25) is 0 Å². The standard InChI is InChI=1S/C27H34N4OS/c1-4-33-23-14-12-21(13-15-23)17-28-27(32)31-18-24(22-10-8-6-5-7-9-11-22)25(19-31)26-16-20(2)29-30(26)3/h5-6,9-16,24-25H,4,7-8,17-19H2,1-3H3,(H,28,32)/b6-5-,11-9-,22-10+. The Balaban J connectivity index is 1.48. The van der Waals surface area contributed by atoms with Gasteiger partial charge in [0.2, 0.25) is 0 Å². The molecule has 0 saturated carbocycles. The minimum atomic E-state index is 0.00344. The van der Waals surface area contributed by atoms with Gasteiger partial charge >= 0.3 is 6.03 Å². The fourth-order valence-corrected chi connectivity index (χ4v) is 5.43. The number of amides is 2. The van der Waals surface area contributed by atoms with E-state index in [1.54, 1.807) is 0 Å². The van der Waals surface area contributed by atoms with Crippen LogP contribution in [0.15, 0.2) is 71.2 Å². The summed E-state index contributed by atoms with van der Waals surface area (Å²) in [6.07, 6.45) is 13.1. The van der Waals surface area contributed by atoms with E-state index in [0.717, 1.165) is 29.9 Å². The maximum Gasteiger partial charge on any atom is 0.317 e. The van der Waals surface area contributed by atoms with Gasteiger partial charge in [-0.3, -0.25) is 4.68 Å². The lowest BCUT2D eigenvalue weighted by Gasteiger charge is -2.20. The molecule has 1 N–H and O–H groups in total. The topological polar surface area (TPSA) is 50.2 Å². The monoisotopic (exact) mass is 462 g/mol. The molecule has 2 unspecified atom stereocenters. The summed E-state index contributed by atoms with van der Waals surface area (Å²) in [5.41, 5.74) is 4.66. The number of aromatic nitrogens is 2. The van der Waals surface area contributed by atoms with Crippen LogP contribution in [-0.2, 0) is 13.6 Å². The van der Waals surface area contributed by atoms with E-state index in [9.17, 15) is 4.79 Å². The van der Waals surface area contributed by atoms with Crippen molar-refractivity contribution >= 4 is 17.8 Å². The van der Waals surface area contributed by atoms with E-state index in [2.05, 4.69) is 78.1 Å². The Morgan fingerprint density at radius 2 is 1.88 bits per heavy atom. The van der Waals surface area contributed by atoms with Crippen LogP contribution >= 0.6 is 11.8 Å². The van der Waals surface area contributed by atoms with Crippen molar-refractivity contribution in [2.24, 2.45) is 13.0 Å². The molecule has 2 aromatic rings. The molecule has 6 heteroatoms. The quantitative estimate of drug-likeness (QED) is 0.449. The smallest absolute Gasteiger partial charge is 0.317 e. The molecule has 1 aromatic carbocycles. The molecule has 1 aliphatic heterocycles.